The normalized spacial score (nSPS) is 21.3. The van der Waals surface area contributed by atoms with Gasteiger partial charge in [-0.3, -0.25) is 9.09 Å². The monoisotopic (exact) mass is 302 g/mol. The average molecular weight is 302 g/mol. The van der Waals surface area contributed by atoms with Crippen molar-refractivity contribution >= 4 is 7.60 Å². The van der Waals surface area contributed by atoms with E-state index in [0.29, 0.717) is 6.42 Å². The van der Waals surface area contributed by atoms with Gasteiger partial charge in [-0.25, -0.2) is 0 Å². The van der Waals surface area contributed by atoms with Gasteiger partial charge < -0.3 is 4.52 Å². The molecule has 114 valence electrons. The second kappa shape index (κ2) is 7.65. The highest BCUT2D eigenvalue weighted by Crippen LogP contribution is 2.52. The van der Waals surface area contributed by atoms with Crippen LogP contribution < -0.4 is 0 Å². The summed E-state index contributed by atoms with van der Waals surface area (Å²) in [6.45, 7) is 0.384. The Labute approximate surface area is 112 Å². The maximum Gasteiger partial charge on any atom is 0.412 e. The molecule has 0 aromatic rings. The molecule has 1 unspecified atom stereocenters. The molecule has 3 nitrogen and oxygen atoms in total. The highest BCUT2D eigenvalue weighted by atomic mass is 31.2. The minimum atomic E-state index is -4.47. The summed E-state index contributed by atoms with van der Waals surface area (Å²) in [6.07, 6.45) is 1.21. The van der Waals surface area contributed by atoms with Crippen molar-refractivity contribution in [1.82, 2.24) is 0 Å². The molecule has 0 spiro atoms. The van der Waals surface area contributed by atoms with Crippen LogP contribution in [0.2, 0.25) is 0 Å². The molecule has 1 saturated carbocycles. The van der Waals surface area contributed by atoms with E-state index >= 15 is 0 Å². The highest BCUT2D eigenvalue weighted by Gasteiger charge is 2.36. The summed E-state index contributed by atoms with van der Waals surface area (Å²) in [4.78, 5) is 0. The first kappa shape index (κ1) is 17.0. The molecule has 1 rings (SSSR count). The van der Waals surface area contributed by atoms with Crippen molar-refractivity contribution in [2.75, 3.05) is 12.8 Å². The molecule has 1 aliphatic carbocycles. The third-order valence-corrected chi connectivity index (χ3v) is 5.08. The summed E-state index contributed by atoms with van der Waals surface area (Å²) in [7, 11) is -3.62. The second-order valence-corrected chi connectivity index (χ2v) is 7.08. The van der Waals surface area contributed by atoms with Crippen LogP contribution in [0, 0.1) is 0 Å². The van der Waals surface area contributed by atoms with Crippen LogP contribution in [0.3, 0.4) is 0 Å². The highest BCUT2D eigenvalue weighted by molar-refractivity contribution is 7.53. The Morgan fingerprint density at radius 3 is 2.37 bits per heavy atom. The zero-order chi connectivity index (χ0) is 14.4. The maximum absolute atomic E-state index is 12.3. The lowest BCUT2D eigenvalue weighted by Gasteiger charge is -2.27. The molecule has 0 aromatic heterocycles. The zero-order valence-corrected chi connectivity index (χ0v) is 12.1. The van der Waals surface area contributed by atoms with Crippen molar-refractivity contribution < 1.29 is 26.8 Å². The van der Waals surface area contributed by atoms with Gasteiger partial charge in [0.1, 0.15) is 0 Å². The first-order chi connectivity index (χ1) is 8.85. The Balaban J connectivity index is 2.54. The fraction of sp³-hybridized carbons (Fsp3) is 1.00. The summed E-state index contributed by atoms with van der Waals surface area (Å²) in [5, 5.41) is 0. The van der Waals surface area contributed by atoms with Crippen molar-refractivity contribution in [2.45, 2.75) is 64.1 Å². The smallest absolute Gasteiger partial charge is 0.305 e. The van der Waals surface area contributed by atoms with E-state index < -0.39 is 20.4 Å². The predicted molar refractivity (Wildman–Crippen MR) is 67.3 cm³/mol. The minimum absolute atomic E-state index is 0.0656. The molecule has 0 heterocycles. The van der Waals surface area contributed by atoms with Crippen molar-refractivity contribution in [1.29, 1.82) is 0 Å². The molecular formula is C12H22F3O3P. The topological polar surface area (TPSA) is 35.5 Å². The predicted octanol–water partition coefficient (Wildman–Crippen LogP) is 4.91. The molecule has 0 bridgehead atoms. The summed E-state index contributed by atoms with van der Waals surface area (Å²) in [5.74, 6) is 0. The quantitative estimate of drug-likeness (QED) is 0.627. The Morgan fingerprint density at radius 2 is 1.84 bits per heavy atom. The van der Waals surface area contributed by atoms with Crippen molar-refractivity contribution in [3.8, 4) is 0 Å². The molecule has 19 heavy (non-hydrogen) atoms. The van der Waals surface area contributed by atoms with Crippen molar-refractivity contribution in [2.24, 2.45) is 0 Å². The molecule has 1 fully saturated rings. The van der Waals surface area contributed by atoms with E-state index in [1.54, 1.807) is 0 Å². The largest absolute Gasteiger partial charge is 0.412 e. The number of rotatable bonds is 7. The summed E-state index contributed by atoms with van der Waals surface area (Å²) in [5.41, 5.74) is 0. The van der Waals surface area contributed by atoms with E-state index in [-0.39, 0.29) is 12.3 Å². The molecule has 0 aliphatic heterocycles. The fourth-order valence-corrected chi connectivity index (χ4v) is 4.08. The van der Waals surface area contributed by atoms with Crippen LogP contribution in [-0.4, -0.2) is 25.0 Å². The fourth-order valence-electron chi connectivity index (χ4n) is 2.07. The number of halogens is 3. The van der Waals surface area contributed by atoms with Gasteiger partial charge in [0.25, 0.3) is 0 Å². The average Bonchev–Trinajstić information content (AvgIpc) is 2.35. The molecule has 0 aromatic carbocycles. The lowest BCUT2D eigenvalue weighted by atomic mass is 9.98. The van der Waals surface area contributed by atoms with Gasteiger partial charge in [0.2, 0.25) is 0 Å². The van der Waals surface area contributed by atoms with Gasteiger partial charge in [-0.15, -0.1) is 0 Å². The van der Waals surface area contributed by atoms with Crippen molar-refractivity contribution in [3.63, 3.8) is 0 Å². The van der Waals surface area contributed by atoms with Gasteiger partial charge >= 0.3 is 13.8 Å². The second-order valence-electron chi connectivity index (χ2n) is 4.94. The van der Waals surface area contributed by atoms with E-state index in [9.17, 15) is 17.7 Å². The summed E-state index contributed by atoms with van der Waals surface area (Å²) in [6, 6.07) is 0. The number of hydrogen-bond acceptors (Lipinski definition) is 3. The van der Waals surface area contributed by atoms with Gasteiger partial charge in [-0.2, -0.15) is 13.2 Å². The Morgan fingerprint density at radius 1 is 1.21 bits per heavy atom. The van der Waals surface area contributed by atoms with Crippen molar-refractivity contribution in [3.05, 3.63) is 0 Å². The van der Waals surface area contributed by atoms with Gasteiger partial charge in [-0.05, 0) is 19.3 Å². The molecular weight excluding hydrogens is 280 g/mol. The Kier molecular flexibility index (Phi) is 6.84. The van der Waals surface area contributed by atoms with Gasteiger partial charge in [0, 0.05) is 0 Å². The van der Waals surface area contributed by atoms with Crippen LogP contribution in [0.4, 0.5) is 13.2 Å². The first-order valence-electron chi connectivity index (χ1n) is 6.83. The maximum atomic E-state index is 12.3. The van der Waals surface area contributed by atoms with E-state index in [1.165, 1.54) is 0 Å². The van der Waals surface area contributed by atoms with Crippen LogP contribution in [0.25, 0.3) is 0 Å². The van der Waals surface area contributed by atoms with Crippen LogP contribution >= 0.6 is 7.60 Å². The Hall–Kier alpha value is -0.0600. The Bertz CT molecular complexity index is 301. The molecule has 7 heteroatoms. The third-order valence-electron chi connectivity index (χ3n) is 3.07. The number of unbranched alkanes of at least 4 members (excludes halogenated alkanes) is 1. The molecule has 0 amide bonds. The molecule has 1 atom stereocenters. The molecule has 1 aliphatic rings. The third kappa shape index (κ3) is 7.33. The van der Waals surface area contributed by atoms with Crippen LogP contribution in [0.1, 0.15) is 51.9 Å². The van der Waals surface area contributed by atoms with E-state index in [4.69, 9.17) is 4.52 Å². The van der Waals surface area contributed by atoms with Crippen LogP contribution in [0.15, 0.2) is 0 Å². The van der Waals surface area contributed by atoms with E-state index in [1.807, 2.05) is 6.92 Å². The molecule has 0 radical (unpaired) electrons. The summed E-state index contributed by atoms with van der Waals surface area (Å²) >= 11 is 0. The SMILES string of the molecule is CCCCP(=O)(OCC(F)(F)F)OC1CCCCC1. The first-order valence-corrected chi connectivity index (χ1v) is 8.56. The number of alkyl halides is 3. The molecule has 0 N–H and O–H groups in total. The van der Waals surface area contributed by atoms with Crippen LogP contribution in [-0.2, 0) is 13.6 Å². The van der Waals surface area contributed by atoms with Gasteiger partial charge in [0.05, 0.1) is 12.3 Å². The standard InChI is InChI=1S/C12H22F3O3P/c1-2-3-9-19(16,17-10-12(13,14)15)18-11-7-5-4-6-8-11/h11H,2-10H2,1H3. The van der Waals surface area contributed by atoms with Gasteiger partial charge in [0.15, 0.2) is 6.61 Å². The van der Waals surface area contributed by atoms with Crippen LogP contribution in [0.5, 0.6) is 0 Å². The van der Waals surface area contributed by atoms with E-state index in [0.717, 1.165) is 38.5 Å². The lowest BCUT2D eigenvalue weighted by molar-refractivity contribution is -0.155. The van der Waals surface area contributed by atoms with Gasteiger partial charge in [-0.1, -0.05) is 32.6 Å². The van der Waals surface area contributed by atoms with E-state index in [2.05, 4.69) is 4.52 Å². The lowest BCUT2D eigenvalue weighted by Crippen LogP contribution is -2.21. The molecule has 0 saturated heterocycles. The number of hydrogen-bond donors (Lipinski definition) is 0. The minimum Gasteiger partial charge on any atom is -0.305 e. The zero-order valence-electron chi connectivity index (χ0n) is 11.2. The summed E-state index contributed by atoms with van der Waals surface area (Å²) < 4.78 is 58.9.